The Morgan fingerprint density at radius 3 is 2.68 bits per heavy atom. The van der Waals surface area contributed by atoms with E-state index in [0.717, 1.165) is 23.9 Å². The molecular formula is C14H16ClN3S. The molecule has 19 heavy (non-hydrogen) atoms. The van der Waals surface area contributed by atoms with Crippen LogP contribution >= 0.6 is 23.4 Å². The molecule has 0 saturated heterocycles. The van der Waals surface area contributed by atoms with Crippen molar-refractivity contribution in [1.29, 1.82) is 0 Å². The molecule has 5 heteroatoms. The smallest absolute Gasteiger partial charge is 0.191 e. The van der Waals surface area contributed by atoms with Crippen molar-refractivity contribution in [1.82, 2.24) is 14.8 Å². The third-order valence-electron chi connectivity index (χ3n) is 2.67. The summed E-state index contributed by atoms with van der Waals surface area (Å²) in [7, 11) is 0. The second-order valence-corrected chi connectivity index (χ2v) is 5.59. The Bertz CT molecular complexity index is 551. The Kier molecular flexibility index (Phi) is 5.05. The first-order chi connectivity index (χ1) is 9.20. The molecule has 0 unspecified atom stereocenters. The van der Waals surface area contributed by atoms with E-state index < -0.39 is 0 Å². The van der Waals surface area contributed by atoms with E-state index in [2.05, 4.69) is 40.4 Å². The zero-order valence-corrected chi connectivity index (χ0v) is 12.4. The number of halogens is 1. The second-order valence-electron chi connectivity index (χ2n) is 4.11. The van der Waals surface area contributed by atoms with Gasteiger partial charge in [-0.2, -0.15) is 0 Å². The monoisotopic (exact) mass is 293 g/mol. The van der Waals surface area contributed by atoms with Gasteiger partial charge in [-0.3, -0.25) is 0 Å². The molecule has 0 atom stereocenters. The zero-order valence-electron chi connectivity index (χ0n) is 10.8. The Morgan fingerprint density at radius 2 is 2.05 bits per heavy atom. The first-order valence-corrected chi connectivity index (χ1v) is 7.49. The standard InChI is InChI=1S/C14H16ClN3S/c1-3-18-13(9-12-7-5-4-6-8-12)16-17-14(18)19-10-11(2)15/h4-8H,2-3,9-10H2,1H3. The van der Waals surface area contributed by atoms with Gasteiger partial charge < -0.3 is 4.57 Å². The molecule has 0 aliphatic rings. The van der Waals surface area contributed by atoms with Gasteiger partial charge in [0.25, 0.3) is 0 Å². The van der Waals surface area contributed by atoms with Gasteiger partial charge in [0, 0.05) is 23.8 Å². The van der Waals surface area contributed by atoms with Crippen molar-refractivity contribution in [3.63, 3.8) is 0 Å². The molecule has 0 aliphatic heterocycles. The number of nitrogens with zero attached hydrogens (tertiary/aromatic N) is 3. The second kappa shape index (κ2) is 6.78. The van der Waals surface area contributed by atoms with Crippen LogP contribution in [-0.4, -0.2) is 20.5 Å². The van der Waals surface area contributed by atoms with Gasteiger partial charge in [-0.25, -0.2) is 0 Å². The highest BCUT2D eigenvalue weighted by atomic mass is 35.5. The molecule has 1 aromatic carbocycles. The van der Waals surface area contributed by atoms with Crippen molar-refractivity contribution >= 4 is 23.4 Å². The lowest BCUT2D eigenvalue weighted by molar-refractivity contribution is 0.651. The molecule has 0 aliphatic carbocycles. The molecular weight excluding hydrogens is 278 g/mol. The van der Waals surface area contributed by atoms with E-state index in [9.17, 15) is 0 Å². The topological polar surface area (TPSA) is 30.7 Å². The van der Waals surface area contributed by atoms with Crippen LogP contribution in [0, 0.1) is 0 Å². The van der Waals surface area contributed by atoms with E-state index in [0.29, 0.717) is 10.8 Å². The van der Waals surface area contributed by atoms with E-state index in [-0.39, 0.29) is 0 Å². The van der Waals surface area contributed by atoms with Crippen LogP contribution in [0.15, 0.2) is 47.1 Å². The maximum Gasteiger partial charge on any atom is 0.191 e. The fourth-order valence-corrected chi connectivity index (χ4v) is 2.73. The summed E-state index contributed by atoms with van der Waals surface area (Å²) in [5.41, 5.74) is 1.24. The number of aromatic nitrogens is 3. The van der Waals surface area contributed by atoms with Gasteiger partial charge in [0.15, 0.2) is 5.16 Å². The molecule has 1 heterocycles. The maximum atomic E-state index is 5.79. The molecule has 0 fully saturated rings. The minimum absolute atomic E-state index is 0.625. The molecule has 100 valence electrons. The summed E-state index contributed by atoms with van der Waals surface area (Å²) >= 11 is 7.36. The number of hydrogen-bond acceptors (Lipinski definition) is 3. The molecule has 3 nitrogen and oxygen atoms in total. The summed E-state index contributed by atoms with van der Waals surface area (Å²) in [6, 6.07) is 10.3. The maximum absolute atomic E-state index is 5.79. The highest BCUT2D eigenvalue weighted by Crippen LogP contribution is 2.21. The molecule has 2 rings (SSSR count). The number of hydrogen-bond donors (Lipinski definition) is 0. The first-order valence-electron chi connectivity index (χ1n) is 6.12. The van der Waals surface area contributed by atoms with Crippen LogP contribution in [0.2, 0.25) is 0 Å². The molecule has 2 aromatic rings. The Labute approximate surface area is 122 Å². The molecule has 1 aromatic heterocycles. The van der Waals surface area contributed by atoms with Gasteiger partial charge in [-0.05, 0) is 12.5 Å². The summed E-state index contributed by atoms with van der Waals surface area (Å²) in [5.74, 6) is 1.64. The lowest BCUT2D eigenvalue weighted by Gasteiger charge is -2.06. The van der Waals surface area contributed by atoms with Crippen molar-refractivity contribution in [3.05, 3.63) is 53.3 Å². The summed E-state index contributed by atoms with van der Waals surface area (Å²) in [5, 5.41) is 10.0. The van der Waals surface area contributed by atoms with Crippen LogP contribution in [0.1, 0.15) is 18.3 Å². The van der Waals surface area contributed by atoms with Crippen LogP contribution < -0.4 is 0 Å². The minimum Gasteiger partial charge on any atom is -0.306 e. The van der Waals surface area contributed by atoms with E-state index in [1.807, 2.05) is 18.2 Å². The minimum atomic E-state index is 0.625. The van der Waals surface area contributed by atoms with Crippen molar-refractivity contribution in [3.8, 4) is 0 Å². The first kappa shape index (κ1) is 14.2. The van der Waals surface area contributed by atoms with Crippen molar-refractivity contribution in [2.75, 3.05) is 5.75 Å². The summed E-state index contributed by atoms with van der Waals surface area (Å²) in [6.45, 7) is 6.64. The Balaban J connectivity index is 2.15. The van der Waals surface area contributed by atoms with Gasteiger partial charge >= 0.3 is 0 Å². The van der Waals surface area contributed by atoms with Crippen molar-refractivity contribution in [2.24, 2.45) is 0 Å². The normalized spacial score (nSPS) is 10.6. The molecule has 0 spiro atoms. The van der Waals surface area contributed by atoms with Crippen LogP contribution in [0.5, 0.6) is 0 Å². The average Bonchev–Trinajstić information content (AvgIpc) is 2.79. The molecule has 0 amide bonds. The highest BCUT2D eigenvalue weighted by molar-refractivity contribution is 7.99. The summed E-state index contributed by atoms with van der Waals surface area (Å²) in [4.78, 5) is 0. The van der Waals surface area contributed by atoms with E-state index in [4.69, 9.17) is 11.6 Å². The van der Waals surface area contributed by atoms with Gasteiger partial charge in [0.1, 0.15) is 5.82 Å². The predicted octanol–water partition coefficient (Wildman–Crippen LogP) is 3.73. The van der Waals surface area contributed by atoms with Crippen molar-refractivity contribution < 1.29 is 0 Å². The SMILES string of the molecule is C=C(Cl)CSc1nnc(Cc2ccccc2)n1CC. The van der Waals surface area contributed by atoms with E-state index in [1.54, 1.807) is 11.8 Å². The molecule has 0 radical (unpaired) electrons. The predicted molar refractivity (Wildman–Crippen MR) is 80.7 cm³/mol. The highest BCUT2D eigenvalue weighted by Gasteiger charge is 2.11. The van der Waals surface area contributed by atoms with Gasteiger partial charge in [-0.15, -0.1) is 10.2 Å². The van der Waals surface area contributed by atoms with Gasteiger partial charge in [0.05, 0.1) is 0 Å². The quantitative estimate of drug-likeness (QED) is 0.760. The van der Waals surface area contributed by atoms with Crippen LogP contribution in [-0.2, 0) is 13.0 Å². The number of benzene rings is 1. The lowest BCUT2D eigenvalue weighted by atomic mass is 10.1. The van der Waals surface area contributed by atoms with Gasteiger partial charge in [-0.1, -0.05) is 60.3 Å². The lowest BCUT2D eigenvalue weighted by Crippen LogP contribution is -2.04. The van der Waals surface area contributed by atoms with Crippen molar-refractivity contribution in [2.45, 2.75) is 25.0 Å². The third-order valence-corrected chi connectivity index (χ3v) is 4.02. The molecule has 0 bridgehead atoms. The third kappa shape index (κ3) is 3.85. The van der Waals surface area contributed by atoms with E-state index in [1.165, 1.54) is 5.56 Å². The number of thioether (sulfide) groups is 1. The Hall–Kier alpha value is -1.26. The molecule has 0 saturated carbocycles. The fourth-order valence-electron chi connectivity index (χ4n) is 1.80. The van der Waals surface area contributed by atoms with E-state index >= 15 is 0 Å². The Morgan fingerprint density at radius 1 is 1.32 bits per heavy atom. The van der Waals surface area contributed by atoms with Gasteiger partial charge in [0.2, 0.25) is 0 Å². The van der Waals surface area contributed by atoms with Crippen LogP contribution in [0.3, 0.4) is 0 Å². The van der Waals surface area contributed by atoms with Crippen LogP contribution in [0.4, 0.5) is 0 Å². The average molecular weight is 294 g/mol. The molecule has 0 N–H and O–H groups in total. The van der Waals surface area contributed by atoms with Crippen LogP contribution in [0.25, 0.3) is 0 Å². The summed E-state index contributed by atoms with van der Waals surface area (Å²) < 4.78 is 2.12. The zero-order chi connectivity index (χ0) is 13.7. The fraction of sp³-hybridized carbons (Fsp3) is 0.286. The largest absolute Gasteiger partial charge is 0.306 e. The number of rotatable bonds is 6. The summed E-state index contributed by atoms with van der Waals surface area (Å²) in [6.07, 6.45) is 0.796.